The van der Waals surface area contributed by atoms with Crippen molar-refractivity contribution in [2.75, 3.05) is 13.1 Å². The van der Waals surface area contributed by atoms with Gasteiger partial charge in [-0.05, 0) is 60.4 Å². The van der Waals surface area contributed by atoms with Crippen molar-refractivity contribution in [3.8, 4) is 0 Å². The van der Waals surface area contributed by atoms with Crippen molar-refractivity contribution in [3.63, 3.8) is 0 Å². The van der Waals surface area contributed by atoms with Crippen molar-refractivity contribution in [3.05, 3.63) is 90.2 Å². The molecule has 1 aliphatic rings. The Morgan fingerprint density at radius 3 is 2.41 bits per heavy atom. The maximum Gasteiger partial charge on any atom is 0.247 e. The number of rotatable bonds is 8. The maximum absolute atomic E-state index is 13.0. The minimum absolute atomic E-state index is 0.179. The molecule has 0 unspecified atom stereocenters. The number of aromatic nitrogens is 1. The molecule has 0 atom stereocenters. The van der Waals surface area contributed by atoms with E-state index in [2.05, 4.69) is 4.98 Å². The van der Waals surface area contributed by atoms with Gasteiger partial charge in [-0.15, -0.1) is 0 Å². The van der Waals surface area contributed by atoms with Crippen LogP contribution < -0.4 is 0 Å². The molecule has 0 aliphatic carbocycles. The molecule has 3 aromatic rings. The first-order valence-electron chi connectivity index (χ1n) is 11.5. The summed E-state index contributed by atoms with van der Waals surface area (Å²) in [5, 5.41) is 0. The molecule has 1 fully saturated rings. The number of carbonyl (C=O) groups is 1. The van der Waals surface area contributed by atoms with E-state index in [1.165, 1.54) is 6.08 Å². The molecule has 0 bridgehead atoms. The van der Waals surface area contributed by atoms with Gasteiger partial charge in [-0.2, -0.15) is 4.31 Å². The van der Waals surface area contributed by atoms with Crippen molar-refractivity contribution in [1.82, 2.24) is 14.2 Å². The van der Waals surface area contributed by atoms with E-state index >= 15 is 0 Å². The molecule has 2 aromatic heterocycles. The Balaban J connectivity index is 1.45. The zero-order valence-corrected chi connectivity index (χ0v) is 19.9. The summed E-state index contributed by atoms with van der Waals surface area (Å²) in [6.45, 7) is 1.87. The number of furan rings is 1. The van der Waals surface area contributed by atoms with E-state index in [0.717, 1.165) is 36.8 Å². The van der Waals surface area contributed by atoms with E-state index < -0.39 is 10.0 Å². The van der Waals surface area contributed by atoms with E-state index in [4.69, 9.17) is 4.42 Å². The lowest BCUT2D eigenvalue weighted by Gasteiger charge is -2.20. The Hall–Kier alpha value is -3.23. The third-order valence-corrected chi connectivity index (χ3v) is 7.75. The largest absolute Gasteiger partial charge is 0.467 e. The van der Waals surface area contributed by atoms with Gasteiger partial charge in [0.15, 0.2) is 0 Å². The van der Waals surface area contributed by atoms with Gasteiger partial charge in [0.05, 0.1) is 17.7 Å². The Morgan fingerprint density at radius 2 is 1.76 bits per heavy atom. The van der Waals surface area contributed by atoms with E-state index in [1.807, 2.05) is 18.2 Å². The van der Waals surface area contributed by atoms with Crippen LogP contribution in [0.3, 0.4) is 0 Å². The normalized spacial score (nSPS) is 15.3. The van der Waals surface area contributed by atoms with Crippen LogP contribution in [0.2, 0.25) is 0 Å². The smallest absolute Gasteiger partial charge is 0.247 e. The second kappa shape index (κ2) is 11.3. The van der Waals surface area contributed by atoms with Crippen molar-refractivity contribution >= 4 is 22.0 Å². The van der Waals surface area contributed by atoms with Crippen molar-refractivity contribution in [2.24, 2.45) is 0 Å². The zero-order valence-electron chi connectivity index (χ0n) is 19.0. The van der Waals surface area contributed by atoms with Crippen LogP contribution in [-0.4, -0.2) is 41.6 Å². The van der Waals surface area contributed by atoms with E-state index in [9.17, 15) is 13.2 Å². The number of benzene rings is 1. The van der Waals surface area contributed by atoms with Gasteiger partial charge >= 0.3 is 0 Å². The highest BCUT2D eigenvalue weighted by atomic mass is 32.2. The van der Waals surface area contributed by atoms with Gasteiger partial charge in [0.2, 0.25) is 15.9 Å². The van der Waals surface area contributed by atoms with Crippen LogP contribution in [0.15, 0.2) is 82.6 Å². The summed E-state index contributed by atoms with van der Waals surface area (Å²) in [6, 6.07) is 14.1. The molecule has 8 heteroatoms. The summed E-state index contributed by atoms with van der Waals surface area (Å²) in [7, 11) is -3.49. The first-order chi connectivity index (χ1) is 16.5. The number of hydrogen-bond acceptors (Lipinski definition) is 5. The fourth-order valence-electron chi connectivity index (χ4n) is 3.97. The van der Waals surface area contributed by atoms with E-state index in [1.54, 1.807) is 64.3 Å². The molecule has 1 aliphatic heterocycles. The third-order valence-electron chi connectivity index (χ3n) is 5.84. The predicted octanol–water partition coefficient (Wildman–Crippen LogP) is 4.48. The van der Waals surface area contributed by atoms with Gasteiger partial charge in [0.1, 0.15) is 5.76 Å². The summed E-state index contributed by atoms with van der Waals surface area (Å²) < 4.78 is 32.9. The summed E-state index contributed by atoms with van der Waals surface area (Å²) >= 11 is 0. The Kier molecular flexibility index (Phi) is 7.92. The fourth-order valence-corrected chi connectivity index (χ4v) is 5.49. The molecule has 34 heavy (non-hydrogen) atoms. The molecule has 0 spiro atoms. The molecule has 3 heterocycles. The second-order valence-corrected chi connectivity index (χ2v) is 10.3. The summed E-state index contributed by atoms with van der Waals surface area (Å²) in [6.07, 6.45) is 12.1. The minimum atomic E-state index is -3.49. The summed E-state index contributed by atoms with van der Waals surface area (Å²) in [4.78, 5) is 19.1. The molecule has 0 saturated carbocycles. The molecule has 0 N–H and O–H groups in total. The van der Waals surface area contributed by atoms with Crippen LogP contribution in [-0.2, 0) is 27.9 Å². The molecule has 1 amide bonds. The molecule has 0 radical (unpaired) electrons. The Labute approximate surface area is 200 Å². The fraction of sp³-hybridized carbons (Fsp3) is 0.308. The molecule has 178 valence electrons. The van der Waals surface area contributed by atoms with E-state index in [0.29, 0.717) is 31.9 Å². The first kappa shape index (κ1) is 23.9. The molecule has 4 rings (SSSR count). The van der Waals surface area contributed by atoms with Crippen molar-refractivity contribution in [2.45, 2.75) is 43.7 Å². The lowest BCUT2D eigenvalue weighted by Crippen LogP contribution is -2.31. The lowest BCUT2D eigenvalue weighted by atomic mass is 10.2. The van der Waals surface area contributed by atoms with Gasteiger partial charge < -0.3 is 9.32 Å². The van der Waals surface area contributed by atoms with Gasteiger partial charge in [0, 0.05) is 38.1 Å². The number of sulfonamides is 1. The average Bonchev–Trinajstić information content (AvgIpc) is 3.21. The van der Waals surface area contributed by atoms with Crippen LogP contribution >= 0.6 is 0 Å². The number of amides is 1. The van der Waals surface area contributed by atoms with Gasteiger partial charge in [-0.25, -0.2) is 8.42 Å². The highest BCUT2D eigenvalue weighted by molar-refractivity contribution is 7.89. The van der Waals surface area contributed by atoms with E-state index in [-0.39, 0.29) is 10.8 Å². The van der Waals surface area contributed by atoms with Crippen molar-refractivity contribution < 1.29 is 17.6 Å². The topological polar surface area (TPSA) is 83.7 Å². The molecule has 1 aromatic carbocycles. The monoisotopic (exact) mass is 479 g/mol. The van der Waals surface area contributed by atoms with Crippen LogP contribution in [0, 0.1) is 0 Å². The Bertz CT molecular complexity index is 1180. The molecule has 1 saturated heterocycles. The second-order valence-electron chi connectivity index (χ2n) is 8.36. The SMILES string of the molecule is O=C(/C=C/c1ccc(S(=O)(=O)N2CCCCCC2)cc1)N(Cc1cccnc1)Cc1ccco1. The number of carbonyl (C=O) groups excluding carboxylic acids is 1. The quantitative estimate of drug-likeness (QED) is 0.445. The third kappa shape index (κ3) is 6.21. The number of hydrogen-bond donors (Lipinski definition) is 0. The number of pyridine rings is 1. The maximum atomic E-state index is 13.0. The van der Waals surface area contributed by atoms with Crippen LogP contribution in [0.5, 0.6) is 0 Å². The zero-order chi connectivity index (χ0) is 23.8. The lowest BCUT2D eigenvalue weighted by molar-refractivity contribution is -0.127. The standard InChI is InChI=1S/C26H29N3O4S/c30-26(28(21-24-8-6-18-33-24)20-23-7-5-15-27-19-23)14-11-22-9-12-25(13-10-22)34(31,32)29-16-3-1-2-4-17-29/h5-15,18-19H,1-4,16-17,20-21H2/b14-11+. The van der Waals surface area contributed by atoms with Crippen LogP contribution in [0.4, 0.5) is 0 Å². The Morgan fingerprint density at radius 1 is 1.00 bits per heavy atom. The summed E-state index contributed by atoms with van der Waals surface area (Å²) in [5.74, 6) is 0.509. The van der Waals surface area contributed by atoms with Crippen LogP contribution in [0.25, 0.3) is 6.08 Å². The molecule has 7 nitrogen and oxygen atoms in total. The minimum Gasteiger partial charge on any atom is -0.467 e. The molecular formula is C26H29N3O4S. The molecular weight excluding hydrogens is 450 g/mol. The average molecular weight is 480 g/mol. The van der Waals surface area contributed by atoms with Gasteiger partial charge in [-0.3, -0.25) is 9.78 Å². The highest BCUT2D eigenvalue weighted by Crippen LogP contribution is 2.21. The number of nitrogens with zero attached hydrogens (tertiary/aromatic N) is 3. The summed E-state index contributed by atoms with van der Waals surface area (Å²) in [5.41, 5.74) is 1.67. The van der Waals surface area contributed by atoms with Gasteiger partial charge in [-0.1, -0.05) is 31.0 Å². The van der Waals surface area contributed by atoms with Crippen LogP contribution in [0.1, 0.15) is 42.6 Å². The predicted molar refractivity (Wildman–Crippen MR) is 130 cm³/mol. The first-order valence-corrected chi connectivity index (χ1v) is 12.9. The highest BCUT2D eigenvalue weighted by Gasteiger charge is 2.24. The van der Waals surface area contributed by atoms with Gasteiger partial charge in [0.25, 0.3) is 0 Å². The van der Waals surface area contributed by atoms with Crippen molar-refractivity contribution in [1.29, 1.82) is 0 Å².